The summed E-state index contributed by atoms with van der Waals surface area (Å²) in [5.74, 6) is 0.931. The molecular weight excluding hydrogens is 330 g/mol. The van der Waals surface area contributed by atoms with Gasteiger partial charge >= 0.3 is 0 Å². The fourth-order valence-electron chi connectivity index (χ4n) is 3.32. The number of aryl methyl sites for hydroxylation is 2. The average molecular weight is 349 g/mol. The molecule has 4 nitrogen and oxygen atoms in total. The van der Waals surface area contributed by atoms with Gasteiger partial charge in [0.25, 0.3) is 0 Å². The molecule has 0 amide bonds. The SMILES string of the molecule is Cc1ccc(Nc2nc(C)c3c(n2)CC(c2cccs2)CC3=O)cc1. The molecular formula is C20H19N3OS. The van der Waals surface area contributed by atoms with Crippen molar-refractivity contribution in [3.8, 4) is 0 Å². The number of nitrogens with zero attached hydrogens (tertiary/aromatic N) is 2. The van der Waals surface area contributed by atoms with Crippen molar-refractivity contribution in [2.45, 2.75) is 32.6 Å². The molecule has 0 spiro atoms. The second-order valence-corrected chi connectivity index (χ2v) is 7.47. The zero-order valence-electron chi connectivity index (χ0n) is 14.2. The van der Waals surface area contributed by atoms with Gasteiger partial charge in [0.05, 0.1) is 17.0 Å². The van der Waals surface area contributed by atoms with Gasteiger partial charge in [0.2, 0.25) is 5.95 Å². The van der Waals surface area contributed by atoms with Crippen LogP contribution in [0.1, 0.15) is 44.5 Å². The molecule has 1 aromatic carbocycles. The highest BCUT2D eigenvalue weighted by Gasteiger charge is 2.30. The maximum Gasteiger partial charge on any atom is 0.227 e. The van der Waals surface area contributed by atoms with Crippen LogP contribution >= 0.6 is 11.3 Å². The number of nitrogens with one attached hydrogen (secondary N) is 1. The molecule has 0 fully saturated rings. The minimum atomic E-state index is 0.152. The zero-order valence-corrected chi connectivity index (χ0v) is 15.1. The molecule has 2 aromatic heterocycles. The van der Waals surface area contributed by atoms with Crippen molar-refractivity contribution < 1.29 is 4.79 Å². The summed E-state index contributed by atoms with van der Waals surface area (Å²) in [5.41, 5.74) is 4.48. The second kappa shape index (κ2) is 6.41. The number of carbonyl (C=O) groups is 1. The van der Waals surface area contributed by atoms with E-state index in [1.165, 1.54) is 10.4 Å². The molecule has 5 heteroatoms. The third-order valence-electron chi connectivity index (χ3n) is 4.57. The topological polar surface area (TPSA) is 54.9 Å². The largest absolute Gasteiger partial charge is 0.324 e. The van der Waals surface area contributed by atoms with Crippen LogP contribution in [0.2, 0.25) is 0 Å². The van der Waals surface area contributed by atoms with Crippen molar-refractivity contribution in [3.05, 3.63) is 69.2 Å². The van der Waals surface area contributed by atoms with Crippen LogP contribution in [0.4, 0.5) is 11.6 Å². The monoisotopic (exact) mass is 349 g/mol. The van der Waals surface area contributed by atoms with Crippen LogP contribution < -0.4 is 5.32 Å². The molecule has 1 atom stereocenters. The summed E-state index contributed by atoms with van der Waals surface area (Å²) in [5, 5.41) is 5.32. The van der Waals surface area contributed by atoms with Gasteiger partial charge in [0.15, 0.2) is 5.78 Å². The van der Waals surface area contributed by atoms with Crippen LogP contribution in [0, 0.1) is 13.8 Å². The summed E-state index contributed by atoms with van der Waals surface area (Å²) in [6.07, 6.45) is 1.33. The smallest absolute Gasteiger partial charge is 0.227 e. The molecule has 1 aliphatic carbocycles. The Morgan fingerprint density at radius 3 is 2.60 bits per heavy atom. The Balaban J connectivity index is 1.66. The van der Waals surface area contributed by atoms with Gasteiger partial charge in [0, 0.05) is 22.9 Å². The van der Waals surface area contributed by atoms with Crippen molar-refractivity contribution >= 4 is 28.8 Å². The van der Waals surface area contributed by atoms with Gasteiger partial charge in [-0.15, -0.1) is 11.3 Å². The van der Waals surface area contributed by atoms with Crippen molar-refractivity contribution in [1.82, 2.24) is 9.97 Å². The summed E-state index contributed by atoms with van der Waals surface area (Å²) in [6.45, 7) is 3.95. The summed E-state index contributed by atoms with van der Waals surface area (Å²) in [4.78, 5) is 23.0. The number of Topliss-reactive ketones (excluding diaryl/α,β-unsaturated/α-hetero) is 1. The van der Waals surface area contributed by atoms with E-state index >= 15 is 0 Å². The summed E-state index contributed by atoms with van der Waals surface area (Å²) in [6, 6.07) is 12.2. The lowest BCUT2D eigenvalue weighted by molar-refractivity contribution is 0.0962. The van der Waals surface area contributed by atoms with Crippen LogP contribution in [0.5, 0.6) is 0 Å². The van der Waals surface area contributed by atoms with Gasteiger partial charge in [0.1, 0.15) is 0 Å². The molecule has 1 aliphatic rings. The molecule has 0 radical (unpaired) electrons. The summed E-state index contributed by atoms with van der Waals surface area (Å²) >= 11 is 1.71. The van der Waals surface area contributed by atoms with E-state index < -0.39 is 0 Å². The van der Waals surface area contributed by atoms with E-state index in [1.54, 1.807) is 11.3 Å². The zero-order chi connectivity index (χ0) is 17.4. The number of carbonyl (C=O) groups excluding carboxylic acids is 1. The van der Waals surface area contributed by atoms with Crippen LogP contribution in [0.15, 0.2) is 41.8 Å². The fourth-order valence-corrected chi connectivity index (χ4v) is 4.15. The summed E-state index contributed by atoms with van der Waals surface area (Å²) in [7, 11) is 0. The van der Waals surface area contributed by atoms with Gasteiger partial charge in [-0.05, 0) is 43.8 Å². The number of hydrogen-bond donors (Lipinski definition) is 1. The third-order valence-corrected chi connectivity index (χ3v) is 5.60. The number of hydrogen-bond acceptors (Lipinski definition) is 5. The first kappa shape index (κ1) is 16.0. The number of benzene rings is 1. The molecule has 0 saturated carbocycles. The maximum absolute atomic E-state index is 12.6. The minimum Gasteiger partial charge on any atom is -0.324 e. The Morgan fingerprint density at radius 2 is 1.88 bits per heavy atom. The van der Waals surface area contributed by atoms with Crippen LogP contribution in [0.3, 0.4) is 0 Å². The highest BCUT2D eigenvalue weighted by molar-refractivity contribution is 7.10. The molecule has 4 rings (SSSR count). The standard InChI is InChI=1S/C20H19N3OS/c1-12-5-7-15(8-6-12)22-20-21-13(2)19-16(23-20)10-14(11-17(19)24)18-4-3-9-25-18/h3-9,14H,10-11H2,1-2H3,(H,21,22,23). The lowest BCUT2D eigenvalue weighted by Crippen LogP contribution is -2.22. The normalized spacial score (nSPS) is 16.6. The van der Waals surface area contributed by atoms with E-state index in [0.29, 0.717) is 17.9 Å². The maximum atomic E-state index is 12.6. The van der Waals surface area contributed by atoms with Crippen molar-refractivity contribution in [2.75, 3.05) is 5.32 Å². The van der Waals surface area contributed by atoms with Crippen molar-refractivity contribution in [1.29, 1.82) is 0 Å². The predicted octanol–water partition coefficient (Wildman–Crippen LogP) is 4.81. The van der Waals surface area contributed by atoms with Gasteiger partial charge in [-0.2, -0.15) is 0 Å². The van der Waals surface area contributed by atoms with Crippen molar-refractivity contribution in [2.24, 2.45) is 0 Å². The van der Waals surface area contributed by atoms with Crippen LogP contribution in [0.25, 0.3) is 0 Å². The minimum absolute atomic E-state index is 0.152. The van der Waals surface area contributed by atoms with Crippen LogP contribution in [-0.2, 0) is 6.42 Å². The van der Waals surface area contributed by atoms with E-state index in [1.807, 2.05) is 37.3 Å². The Bertz CT molecular complexity index is 917. The molecule has 126 valence electrons. The Morgan fingerprint density at radius 1 is 1.08 bits per heavy atom. The van der Waals surface area contributed by atoms with Crippen LogP contribution in [-0.4, -0.2) is 15.8 Å². The summed E-state index contributed by atoms with van der Waals surface area (Å²) < 4.78 is 0. The van der Waals surface area contributed by atoms with E-state index in [2.05, 4.69) is 33.7 Å². The second-order valence-electron chi connectivity index (χ2n) is 6.49. The Labute approximate surface area is 151 Å². The quantitative estimate of drug-likeness (QED) is 0.737. The lowest BCUT2D eigenvalue weighted by Gasteiger charge is -2.23. The van der Waals surface area contributed by atoms with E-state index in [-0.39, 0.29) is 11.7 Å². The lowest BCUT2D eigenvalue weighted by atomic mass is 9.84. The fraction of sp³-hybridized carbons (Fsp3) is 0.250. The Kier molecular flexibility index (Phi) is 4.09. The molecule has 3 aromatic rings. The number of fused-ring (bicyclic) bond motifs is 1. The van der Waals surface area contributed by atoms with Gasteiger partial charge in [-0.25, -0.2) is 9.97 Å². The number of thiophene rings is 1. The first-order valence-electron chi connectivity index (χ1n) is 8.38. The van der Waals surface area contributed by atoms with Gasteiger partial charge in [-0.1, -0.05) is 23.8 Å². The van der Waals surface area contributed by atoms with Gasteiger partial charge < -0.3 is 5.32 Å². The number of anilines is 2. The third kappa shape index (κ3) is 3.20. The van der Waals surface area contributed by atoms with E-state index in [4.69, 9.17) is 0 Å². The van der Waals surface area contributed by atoms with Crippen molar-refractivity contribution in [3.63, 3.8) is 0 Å². The predicted molar refractivity (Wildman–Crippen MR) is 101 cm³/mol. The molecule has 1 unspecified atom stereocenters. The molecule has 2 heterocycles. The Hall–Kier alpha value is -2.53. The molecule has 25 heavy (non-hydrogen) atoms. The highest BCUT2D eigenvalue weighted by Crippen LogP contribution is 2.35. The number of ketones is 1. The highest BCUT2D eigenvalue weighted by atomic mass is 32.1. The van der Waals surface area contributed by atoms with Gasteiger partial charge in [-0.3, -0.25) is 4.79 Å². The first-order chi connectivity index (χ1) is 12.1. The average Bonchev–Trinajstić information content (AvgIpc) is 3.11. The molecule has 1 N–H and O–H groups in total. The molecule has 0 aliphatic heterocycles. The molecule has 0 saturated heterocycles. The number of aromatic nitrogens is 2. The first-order valence-corrected chi connectivity index (χ1v) is 9.26. The number of rotatable bonds is 3. The van der Waals surface area contributed by atoms with E-state index in [9.17, 15) is 4.79 Å². The van der Waals surface area contributed by atoms with E-state index in [0.717, 1.165) is 23.5 Å². The molecule has 0 bridgehead atoms.